The third-order valence-electron chi connectivity index (χ3n) is 4.57. The van der Waals surface area contributed by atoms with Crippen molar-refractivity contribution in [3.63, 3.8) is 0 Å². The predicted octanol–water partition coefficient (Wildman–Crippen LogP) is 5.28. The molecule has 1 N–H and O–H groups in total. The number of hydrogen-bond donors (Lipinski definition) is 1. The molecule has 0 unspecified atom stereocenters. The summed E-state index contributed by atoms with van der Waals surface area (Å²) in [6.45, 7) is 4.00. The number of amides is 2. The van der Waals surface area contributed by atoms with Crippen molar-refractivity contribution in [3.8, 4) is 11.5 Å². The Bertz CT molecular complexity index is 829. The quantitative estimate of drug-likeness (QED) is 0.588. The summed E-state index contributed by atoms with van der Waals surface area (Å²) in [4.78, 5) is 14.5. The van der Waals surface area contributed by atoms with Crippen molar-refractivity contribution < 1.29 is 14.3 Å². The second-order valence-corrected chi connectivity index (χ2v) is 7.52. The first-order chi connectivity index (χ1) is 13.6. The number of urea groups is 1. The molecule has 0 fully saturated rings. The molecule has 28 heavy (non-hydrogen) atoms. The van der Waals surface area contributed by atoms with Crippen molar-refractivity contribution in [2.75, 3.05) is 19.9 Å². The average molecular weight is 423 g/mol. The van der Waals surface area contributed by atoms with Gasteiger partial charge in [0.15, 0.2) is 11.5 Å². The fourth-order valence-corrected chi connectivity index (χ4v) is 3.48. The van der Waals surface area contributed by atoms with Gasteiger partial charge in [0.05, 0.1) is 0 Å². The maximum absolute atomic E-state index is 12.7. The minimum atomic E-state index is -0.0868. The number of carbonyl (C=O) groups is 1. The summed E-state index contributed by atoms with van der Waals surface area (Å²) in [5.74, 6) is 1.44. The summed E-state index contributed by atoms with van der Waals surface area (Å²) in [5, 5.41) is 4.21. The lowest BCUT2D eigenvalue weighted by atomic mass is 10.1. The van der Waals surface area contributed by atoms with Crippen LogP contribution >= 0.6 is 23.2 Å². The maximum atomic E-state index is 12.7. The molecule has 1 aliphatic rings. The number of rotatable bonds is 8. The highest BCUT2D eigenvalue weighted by Gasteiger charge is 2.18. The lowest BCUT2D eigenvalue weighted by Gasteiger charge is -2.24. The van der Waals surface area contributed by atoms with Gasteiger partial charge in [0.25, 0.3) is 0 Å². The first-order valence-corrected chi connectivity index (χ1v) is 10.2. The van der Waals surface area contributed by atoms with E-state index in [0.717, 1.165) is 29.7 Å². The first-order valence-electron chi connectivity index (χ1n) is 9.42. The molecule has 1 heterocycles. The molecule has 5 nitrogen and oxygen atoms in total. The molecule has 0 spiro atoms. The fourth-order valence-electron chi connectivity index (χ4n) is 2.98. The van der Waals surface area contributed by atoms with Gasteiger partial charge in [0.1, 0.15) is 0 Å². The molecular formula is C21H24Cl2N2O3. The summed E-state index contributed by atoms with van der Waals surface area (Å²) >= 11 is 12.3. The molecule has 0 aromatic heterocycles. The van der Waals surface area contributed by atoms with Gasteiger partial charge in [-0.3, -0.25) is 0 Å². The highest BCUT2D eigenvalue weighted by Crippen LogP contribution is 2.33. The SMILES string of the molecule is CCCCNC(=O)N(CCc1ccc(Cl)cc1Cl)Cc1ccc2c(c1)OCO2. The van der Waals surface area contributed by atoms with Gasteiger partial charge >= 0.3 is 6.03 Å². The molecular weight excluding hydrogens is 399 g/mol. The van der Waals surface area contributed by atoms with E-state index in [9.17, 15) is 4.79 Å². The van der Waals surface area contributed by atoms with E-state index >= 15 is 0 Å². The van der Waals surface area contributed by atoms with Crippen LogP contribution in [0.1, 0.15) is 30.9 Å². The standard InChI is InChI=1S/C21H24Cl2N2O3/c1-2-3-9-24-21(26)25(10-8-16-5-6-17(22)12-18(16)23)13-15-4-7-19-20(11-15)28-14-27-19/h4-7,11-12H,2-3,8-10,13-14H2,1H3,(H,24,26). The van der Waals surface area contributed by atoms with Crippen molar-refractivity contribution >= 4 is 29.2 Å². The molecule has 7 heteroatoms. The molecule has 1 aliphatic heterocycles. The molecule has 2 aromatic carbocycles. The lowest BCUT2D eigenvalue weighted by molar-refractivity contribution is 0.173. The largest absolute Gasteiger partial charge is 0.454 e. The molecule has 2 aromatic rings. The number of halogens is 2. The Labute approximate surface area is 175 Å². The van der Waals surface area contributed by atoms with Crippen LogP contribution < -0.4 is 14.8 Å². The molecule has 0 atom stereocenters. The zero-order valence-corrected chi connectivity index (χ0v) is 17.4. The Balaban J connectivity index is 1.69. The predicted molar refractivity (Wildman–Crippen MR) is 111 cm³/mol. The smallest absolute Gasteiger partial charge is 0.317 e. The van der Waals surface area contributed by atoms with Gasteiger partial charge in [0, 0.05) is 29.7 Å². The number of benzene rings is 2. The molecule has 0 saturated heterocycles. The van der Waals surface area contributed by atoms with Crippen molar-refractivity contribution in [3.05, 3.63) is 57.6 Å². The van der Waals surface area contributed by atoms with Crippen LogP contribution in [0.25, 0.3) is 0 Å². The van der Waals surface area contributed by atoms with Gasteiger partial charge in [-0.15, -0.1) is 0 Å². The van der Waals surface area contributed by atoms with Crippen molar-refractivity contribution in [1.29, 1.82) is 0 Å². The Kier molecular flexibility index (Phi) is 7.29. The first kappa shape index (κ1) is 20.6. The van der Waals surface area contributed by atoms with Gasteiger partial charge in [-0.1, -0.05) is 48.7 Å². The molecule has 0 radical (unpaired) electrons. The Morgan fingerprint density at radius 3 is 2.75 bits per heavy atom. The summed E-state index contributed by atoms with van der Waals surface area (Å²) in [5.41, 5.74) is 1.94. The fraction of sp³-hybridized carbons (Fsp3) is 0.381. The number of unbranched alkanes of at least 4 members (excludes halogenated alkanes) is 1. The topological polar surface area (TPSA) is 50.8 Å². The van der Waals surface area contributed by atoms with E-state index in [1.165, 1.54) is 0 Å². The van der Waals surface area contributed by atoms with Gasteiger partial charge < -0.3 is 19.7 Å². The summed E-state index contributed by atoms with van der Waals surface area (Å²) in [6.07, 6.45) is 2.62. The number of hydrogen-bond acceptors (Lipinski definition) is 3. The third-order valence-corrected chi connectivity index (χ3v) is 5.16. The Morgan fingerprint density at radius 2 is 1.96 bits per heavy atom. The van der Waals surface area contributed by atoms with Crippen molar-refractivity contribution in [2.24, 2.45) is 0 Å². The van der Waals surface area contributed by atoms with E-state index in [1.807, 2.05) is 30.3 Å². The number of ether oxygens (including phenoxy) is 2. The molecule has 2 amide bonds. The summed E-state index contributed by atoms with van der Waals surface area (Å²) in [6, 6.07) is 11.1. The van der Waals surface area contributed by atoms with E-state index in [-0.39, 0.29) is 12.8 Å². The van der Waals surface area contributed by atoms with E-state index in [2.05, 4.69) is 12.2 Å². The monoisotopic (exact) mass is 422 g/mol. The van der Waals surface area contributed by atoms with Crippen LogP contribution in [0.4, 0.5) is 4.79 Å². The van der Waals surface area contributed by atoms with Crippen LogP contribution in [-0.2, 0) is 13.0 Å². The van der Waals surface area contributed by atoms with Crippen molar-refractivity contribution in [2.45, 2.75) is 32.7 Å². The van der Waals surface area contributed by atoms with Gasteiger partial charge in [-0.2, -0.15) is 0 Å². The van der Waals surface area contributed by atoms with Crippen LogP contribution in [0.5, 0.6) is 11.5 Å². The van der Waals surface area contributed by atoms with Gasteiger partial charge in [0.2, 0.25) is 6.79 Å². The van der Waals surface area contributed by atoms with E-state index in [4.69, 9.17) is 32.7 Å². The summed E-state index contributed by atoms with van der Waals surface area (Å²) < 4.78 is 10.8. The van der Waals surface area contributed by atoms with Gasteiger partial charge in [-0.05, 0) is 48.2 Å². The molecule has 3 rings (SSSR count). The highest BCUT2D eigenvalue weighted by atomic mass is 35.5. The Hall–Kier alpha value is -2.11. The normalized spacial score (nSPS) is 12.1. The molecule has 0 bridgehead atoms. The number of carbonyl (C=O) groups excluding carboxylic acids is 1. The van der Waals surface area contributed by atoms with E-state index in [1.54, 1.807) is 11.0 Å². The zero-order valence-electron chi connectivity index (χ0n) is 15.8. The van der Waals surface area contributed by atoms with Crippen LogP contribution in [-0.4, -0.2) is 30.8 Å². The molecule has 0 aliphatic carbocycles. The van der Waals surface area contributed by atoms with E-state index < -0.39 is 0 Å². The van der Waals surface area contributed by atoms with E-state index in [0.29, 0.717) is 41.8 Å². The van der Waals surface area contributed by atoms with Crippen molar-refractivity contribution in [1.82, 2.24) is 10.2 Å². The average Bonchev–Trinajstić information content (AvgIpc) is 3.14. The lowest BCUT2D eigenvalue weighted by Crippen LogP contribution is -2.41. The third kappa shape index (κ3) is 5.46. The second-order valence-electron chi connectivity index (χ2n) is 6.68. The van der Waals surface area contributed by atoms with Crippen LogP contribution in [0, 0.1) is 0 Å². The van der Waals surface area contributed by atoms with Crippen LogP contribution in [0.15, 0.2) is 36.4 Å². The Morgan fingerprint density at radius 1 is 1.14 bits per heavy atom. The number of fused-ring (bicyclic) bond motifs is 1. The summed E-state index contributed by atoms with van der Waals surface area (Å²) in [7, 11) is 0. The maximum Gasteiger partial charge on any atom is 0.317 e. The number of nitrogens with zero attached hydrogens (tertiary/aromatic N) is 1. The second kappa shape index (κ2) is 9.89. The highest BCUT2D eigenvalue weighted by molar-refractivity contribution is 6.35. The minimum absolute atomic E-state index is 0.0868. The van der Waals surface area contributed by atoms with Gasteiger partial charge in [-0.25, -0.2) is 4.79 Å². The van der Waals surface area contributed by atoms with Crippen LogP contribution in [0.3, 0.4) is 0 Å². The minimum Gasteiger partial charge on any atom is -0.454 e. The number of nitrogens with one attached hydrogen (secondary N) is 1. The van der Waals surface area contributed by atoms with Crippen LogP contribution in [0.2, 0.25) is 10.0 Å². The molecule has 150 valence electrons. The molecule has 0 saturated carbocycles. The zero-order chi connectivity index (χ0) is 19.9.